The minimum absolute atomic E-state index is 0.163. The molecule has 1 aromatic rings. The molecule has 0 aromatic carbocycles. The van der Waals surface area contributed by atoms with Crippen molar-refractivity contribution in [1.29, 1.82) is 0 Å². The van der Waals surface area contributed by atoms with Crippen LogP contribution in [0.5, 0.6) is 0 Å². The zero-order valence-corrected chi connectivity index (χ0v) is 12.4. The monoisotopic (exact) mass is 280 g/mol. The summed E-state index contributed by atoms with van der Waals surface area (Å²) in [5.41, 5.74) is -0.295. The van der Waals surface area contributed by atoms with Crippen molar-refractivity contribution in [2.24, 2.45) is 11.3 Å². The number of aliphatic carboxylic acids is 1. The summed E-state index contributed by atoms with van der Waals surface area (Å²) in [6, 6.07) is 0. The minimum atomic E-state index is -0.827. The van der Waals surface area contributed by atoms with Crippen LogP contribution in [0.15, 0.2) is 12.5 Å². The van der Waals surface area contributed by atoms with E-state index in [2.05, 4.69) is 4.98 Å². The quantitative estimate of drug-likeness (QED) is 0.900. The number of hydrogen-bond donors (Lipinski definition) is 1. The molecule has 110 valence electrons. The molecule has 0 radical (unpaired) electrons. The molecule has 1 saturated carbocycles. The normalized spacial score (nSPS) is 24.2. The van der Waals surface area contributed by atoms with Gasteiger partial charge in [-0.05, 0) is 26.2 Å². The Bertz CT molecular complexity index is 554. The van der Waals surface area contributed by atoms with Gasteiger partial charge in [0.05, 0.1) is 11.6 Å². The second-order valence-corrected chi connectivity index (χ2v) is 6.80. The SMILES string of the molecule is CC(C)(C)OC(=O)n1cnc(C2C(C(=O)O)C2(C)C)c1. The highest BCUT2D eigenvalue weighted by Crippen LogP contribution is 2.63. The van der Waals surface area contributed by atoms with Crippen molar-refractivity contribution in [2.75, 3.05) is 0 Å². The molecule has 0 aliphatic heterocycles. The third-order valence-corrected chi connectivity index (χ3v) is 3.62. The molecule has 0 amide bonds. The fourth-order valence-electron chi connectivity index (χ4n) is 2.56. The molecule has 1 aromatic heterocycles. The van der Waals surface area contributed by atoms with Crippen LogP contribution in [-0.2, 0) is 9.53 Å². The number of hydrogen-bond acceptors (Lipinski definition) is 4. The van der Waals surface area contributed by atoms with Crippen LogP contribution in [0.2, 0.25) is 0 Å². The van der Waals surface area contributed by atoms with E-state index < -0.39 is 23.6 Å². The van der Waals surface area contributed by atoms with Crippen molar-refractivity contribution in [3.63, 3.8) is 0 Å². The lowest BCUT2D eigenvalue weighted by molar-refractivity contribution is -0.139. The van der Waals surface area contributed by atoms with Gasteiger partial charge in [0.15, 0.2) is 0 Å². The van der Waals surface area contributed by atoms with Crippen LogP contribution in [-0.4, -0.2) is 32.3 Å². The Balaban J connectivity index is 2.15. The van der Waals surface area contributed by atoms with Gasteiger partial charge in [-0.1, -0.05) is 13.8 Å². The summed E-state index contributed by atoms with van der Waals surface area (Å²) in [5.74, 6) is -1.44. The number of carboxylic acids is 1. The van der Waals surface area contributed by atoms with Crippen LogP contribution in [0.25, 0.3) is 0 Å². The van der Waals surface area contributed by atoms with Gasteiger partial charge in [-0.15, -0.1) is 0 Å². The Morgan fingerprint density at radius 2 is 2.00 bits per heavy atom. The highest BCUT2D eigenvalue weighted by atomic mass is 16.6. The lowest BCUT2D eigenvalue weighted by Crippen LogP contribution is -2.26. The molecule has 6 nitrogen and oxygen atoms in total. The average molecular weight is 280 g/mol. The first kappa shape index (κ1) is 14.6. The molecular weight excluding hydrogens is 260 g/mol. The van der Waals surface area contributed by atoms with E-state index >= 15 is 0 Å². The Morgan fingerprint density at radius 1 is 1.40 bits per heavy atom. The van der Waals surface area contributed by atoms with E-state index in [1.54, 1.807) is 27.0 Å². The van der Waals surface area contributed by atoms with E-state index in [-0.39, 0.29) is 11.3 Å². The van der Waals surface area contributed by atoms with Crippen LogP contribution >= 0.6 is 0 Å². The minimum Gasteiger partial charge on any atom is -0.481 e. The van der Waals surface area contributed by atoms with Crippen molar-refractivity contribution in [3.05, 3.63) is 18.2 Å². The molecule has 2 unspecified atom stereocenters. The van der Waals surface area contributed by atoms with Gasteiger partial charge in [-0.2, -0.15) is 0 Å². The van der Waals surface area contributed by atoms with Crippen LogP contribution in [0.3, 0.4) is 0 Å². The maximum atomic E-state index is 11.9. The maximum Gasteiger partial charge on any atom is 0.419 e. The predicted octanol–water partition coefficient (Wildman–Crippen LogP) is 2.49. The fraction of sp³-hybridized carbons (Fsp3) is 0.643. The smallest absolute Gasteiger partial charge is 0.419 e. The lowest BCUT2D eigenvalue weighted by atomic mass is 10.1. The molecule has 6 heteroatoms. The molecule has 20 heavy (non-hydrogen) atoms. The standard InChI is InChI=1S/C14H20N2O4/c1-13(2,3)20-12(19)16-6-8(15-7-16)9-10(11(17)18)14(9,4)5/h6-7,9-10H,1-5H3,(H,17,18). The maximum absolute atomic E-state index is 11.9. The zero-order chi connectivity index (χ0) is 15.3. The van der Waals surface area contributed by atoms with E-state index in [4.69, 9.17) is 9.84 Å². The summed E-state index contributed by atoms with van der Waals surface area (Å²) in [6.45, 7) is 9.14. The van der Waals surface area contributed by atoms with E-state index in [0.717, 1.165) is 0 Å². The molecule has 0 bridgehead atoms. The van der Waals surface area contributed by atoms with E-state index in [1.165, 1.54) is 10.9 Å². The van der Waals surface area contributed by atoms with Gasteiger partial charge < -0.3 is 9.84 Å². The van der Waals surface area contributed by atoms with Crippen molar-refractivity contribution >= 4 is 12.1 Å². The first-order chi connectivity index (χ1) is 9.04. The number of carbonyl (C=O) groups is 2. The van der Waals surface area contributed by atoms with E-state index in [9.17, 15) is 9.59 Å². The average Bonchev–Trinajstić information content (AvgIpc) is 2.67. The molecule has 2 rings (SSSR count). The molecule has 1 aliphatic rings. The van der Waals surface area contributed by atoms with E-state index in [1.807, 2.05) is 13.8 Å². The first-order valence-corrected chi connectivity index (χ1v) is 6.54. The topological polar surface area (TPSA) is 81.4 Å². The summed E-state index contributed by atoms with van der Waals surface area (Å²) < 4.78 is 6.49. The summed E-state index contributed by atoms with van der Waals surface area (Å²) in [5, 5.41) is 9.16. The molecular formula is C14H20N2O4. The van der Waals surface area contributed by atoms with Crippen molar-refractivity contribution in [1.82, 2.24) is 9.55 Å². The second kappa shape index (κ2) is 4.33. The first-order valence-electron chi connectivity index (χ1n) is 6.54. The molecule has 1 fully saturated rings. The van der Waals surface area contributed by atoms with Gasteiger partial charge in [0.1, 0.15) is 11.9 Å². The third-order valence-electron chi connectivity index (χ3n) is 3.62. The van der Waals surface area contributed by atoms with Gasteiger partial charge >= 0.3 is 12.1 Å². The number of rotatable bonds is 2. The predicted molar refractivity (Wildman–Crippen MR) is 71.5 cm³/mol. The number of imidazole rings is 1. The van der Waals surface area contributed by atoms with Gasteiger partial charge in [-0.3, -0.25) is 4.79 Å². The number of ether oxygens (including phenoxy) is 1. The summed E-state index contributed by atoms with van der Waals surface area (Å²) >= 11 is 0. The Hall–Kier alpha value is -1.85. The van der Waals surface area contributed by atoms with Gasteiger partial charge in [0.25, 0.3) is 0 Å². The van der Waals surface area contributed by atoms with Crippen LogP contribution in [0.4, 0.5) is 4.79 Å². The highest BCUT2D eigenvalue weighted by molar-refractivity contribution is 5.77. The third kappa shape index (κ3) is 2.55. The van der Waals surface area contributed by atoms with E-state index in [0.29, 0.717) is 5.69 Å². The van der Waals surface area contributed by atoms with Crippen molar-refractivity contribution in [3.8, 4) is 0 Å². The van der Waals surface area contributed by atoms with Crippen LogP contribution in [0, 0.1) is 11.3 Å². The summed E-state index contributed by atoms with van der Waals surface area (Å²) in [4.78, 5) is 27.2. The molecule has 0 saturated heterocycles. The Kier molecular flexibility index (Phi) is 3.15. The van der Waals surface area contributed by atoms with Crippen molar-refractivity contribution < 1.29 is 19.4 Å². The highest BCUT2D eigenvalue weighted by Gasteiger charge is 2.63. The zero-order valence-electron chi connectivity index (χ0n) is 12.4. The van der Waals surface area contributed by atoms with Gasteiger partial charge in [-0.25, -0.2) is 14.3 Å². The number of aromatic nitrogens is 2. The van der Waals surface area contributed by atoms with Crippen LogP contribution < -0.4 is 0 Å². The molecule has 2 atom stereocenters. The molecule has 1 aliphatic carbocycles. The number of carbonyl (C=O) groups excluding carboxylic acids is 1. The van der Waals surface area contributed by atoms with Crippen LogP contribution in [0.1, 0.15) is 46.2 Å². The van der Waals surface area contributed by atoms with Gasteiger partial charge in [0, 0.05) is 12.1 Å². The Labute approximate surface area is 117 Å². The van der Waals surface area contributed by atoms with Gasteiger partial charge in [0.2, 0.25) is 0 Å². The molecule has 1 N–H and O–H groups in total. The lowest BCUT2D eigenvalue weighted by Gasteiger charge is -2.19. The fourth-order valence-corrected chi connectivity index (χ4v) is 2.56. The number of carboxylic acid groups (broad SMARTS) is 1. The molecule has 0 spiro atoms. The van der Waals surface area contributed by atoms with Crippen molar-refractivity contribution in [2.45, 2.75) is 46.1 Å². The largest absolute Gasteiger partial charge is 0.481 e. The number of nitrogens with zero attached hydrogens (tertiary/aromatic N) is 2. The summed E-state index contributed by atoms with van der Waals surface area (Å²) in [6.07, 6.45) is 2.42. The molecule has 1 heterocycles. The Morgan fingerprint density at radius 3 is 2.45 bits per heavy atom. The summed E-state index contributed by atoms with van der Waals surface area (Å²) in [7, 11) is 0. The second-order valence-electron chi connectivity index (χ2n) is 6.80.